The summed E-state index contributed by atoms with van der Waals surface area (Å²) in [6, 6.07) is 0. The van der Waals surface area contributed by atoms with Gasteiger partial charge in [0.25, 0.3) is 21.2 Å². The van der Waals surface area contributed by atoms with Gasteiger partial charge in [0.2, 0.25) is 0 Å². The first kappa shape index (κ1) is 35.7. The molecule has 0 amide bonds. The van der Waals surface area contributed by atoms with E-state index in [0.29, 0.717) is 0 Å². The average Bonchev–Trinajstić information content (AvgIpc) is 3.11. The van der Waals surface area contributed by atoms with Crippen LogP contribution in [0.2, 0.25) is 0 Å². The Hall–Kier alpha value is 0.700. The Morgan fingerprint density at radius 3 is 2.32 bits per heavy atom. The van der Waals surface area contributed by atoms with Gasteiger partial charge in [-0.2, -0.15) is 0 Å². The van der Waals surface area contributed by atoms with Gasteiger partial charge in [-0.15, -0.1) is 0 Å². The van der Waals surface area contributed by atoms with E-state index in [-0.39, 0.29) is 71.1 Å². The fraction of sp³-hybridized carbons (Fsp3) is 0.750. The first-order chi connectivity index (χ1) is 16.1. The van der Waals surface area contributed by atoms with Crippen molar-refractivity contribution >= 4 is 15.6 Å². The van der Waals surface area contributed by atoms with Crippen molar-refractivity contribution in [2.45, 2.75) is 69.4 Å². The van der Waals surface area contributed by atoms with E-state index < -0.39 is 82.6 Å². The number of ether oxygens (including phenoxy) is 2. The van der Waals surface area contributed by atoms with Gasteiger partial charge >= 0.3 is 64.8 Å². The Bertz CT molecular complexity index is 1130. The van der Waals surface area contributed by atoms with Crippen molar-refractivity contribution in [1.29, 1.82) is 0 Å². The van der Waals surface area contributed by atoms with Gasteiger partial charge in [0.1, 0.15) is 30.6 Å². The van der Waals surface area contributed by atoms with Crippen molar-refractivity contribution in [3.63, 3.8) is 0 Å². The summed E-state index contributed by atoms with van der Waals surface area (Å²) in [6.07, 6.45) is -11.5. The van der Waals surface area contributed by atoms with Gasteiger partial charge in [-0.3, -0.25) is 28.0 Å². The molecule has 0 radical (unpaired) electrons. The zero-order valence-electron chi connectivity index (χ0n) is 20.2. The molecular weight excluding hydrogens is 568 g/mol. The number of phosphoric ester groups is 2. The van der Waals surface area contributed by atoms with Crippen LogP contribution in [0.4, 0.5) is 0 Å². The topological polar surface area (TPSA) is 262 Å². The van der Waals surface area contributed by atoms with Crippen LogP contribution >= 0.6 is 15.6 Å². The summed E-state index contributed by atoms with van der Waals surface area (Å²) in [5.74, 6) is 0. The number of aliphatic hydroxyl groups is 4. The van der Waals surface area contributed by atoms with E-state index in [1.54, 1.807) is 0 Å². The molecule has 37 heavy (non-hydrogen) atoms. The minimum absolute atomic E-state index is 0. The number of hydrogen-bond acceptors (Lipinski definition) is 15. The standard InChI is InChI=1S/C16H26N2O15P2.2Na/c1-6-4-18(16(24)17-14(6)23)10-3-8(19)9(31-10)5-29-34(25,26)33-35(27,28)32-15-13(22)12(21)11(20)7(2)30-15;;/h4,7-13,15,19-22H,3,5H2,1-2H3,(H,25,26)(H,27,28)(H,17,23,24);;/q;2*+1/p-2/t7-,8+,9+,10+,11-,12+,13+,15+;;/m0../s1. The van der Waals surface area contributed by atoms with E-state index in [2.05, 4.69) is 13.4 Å². The van der Waals surface area contributed by atoms with Gasteiger partial charge in [-0.25, -0.2) is 9.11 Å². The fourth-order valence-corrected chi connectivity index (χ4v) is 5.47. The maximum absolute atomic E-state index is 12.0. The summed E-state index contributed by atoms with van der Waals surface area (Å²) in [6.45, 7) is 1.74. The summed E-state index contributed by atoms with van der Waals surface area (Å²) in [7, 11) is -11.4. The second-order valence-corrected chi connectivity index (χ2v) is 10.9. The van der Waals surface area contributed by atoms with Crippen LogP contribution in [0, 0.1) is 6.92 Å². The van der Waals surface area contributed by atoms with Crippen LogP contribution in [0.5, 0.6) is 0 Å². The molecule has 2 aliphatic rings. The Morgan fingerprint density at radius 2 is 1.70 bits per heavy atom. The molecule has 0 aliphatic carbocycles. The van der Waals surface area contributed by atoms with Crippen LogP contribution in [0.25, 0.3) is 0 Å². The van der Waals surface area contributed by atoms with Gasteiger partial charge < -0.3 is 44.2 Å². The van der Waals surface area contributed by atoms with Crippen molar-refractivity contribution < 1.29 is 121 Å². The van der Waals surface area contributed by atoms with Crippen LogP contribution in [0.1, 0.15) is 25.1 Å². The predicted molar refractivity (Wildman–Crippen MR) is 106 cm³/mol. The summed E-state index contributed by atoms with van der Waals surface area (Å²) < 4.78 is 48.0. The Balaban J connectivity index is 0.00000342. The minimum atomic E-state index is -5.76. The molecule has 3 rings (SSSR count). The van der Waals surface area contributed by atoms with E-state index in [1.807, 2.05) is 4.98 Å². The number of aromatic amines is 1. The second kappa shape index (κ2) is 14.0. The molecule has 2 aliphatic heterocycles. The van der Waals surface area contributed by atoms with Crippen molar-refractivity contribution in [2.24, 2.45) is 0 Å². The third kappa shape index (κ3) is 9.10. The summed E-state index contributed by atoms with van der Waals surface area (Å²) in [5.41, 5.74) is -1.28. The van der Waals surface area contributed by atoms with Gasteiger partial charge in [-0.05, 0) is 13.8 Å². The van der Waals surface area contributed by atoms with Gasteiger partial charge in [0.05, 0.1) is 18.8 Å². The van der Waals surface area contributed by atoms with Crippen LogP contribution in [0.15, 0.2) is 15.8 Å². The molecule has 2 fully saturated rings. The number of aryl methyl sites for hydroxylation is 1. The van der Waals surface area contributed by atoms with Gasteiger partial charge in [0, 0.05) is 18.2 Å². The van der Waals surface area contributed by atoms with Crippen molar-refractivity contribution in [2.75, 3.05) is 6.61 Å². The monoisotopic (exact) mass is 592 g/mol. The Labute approximate surface area is 253 Å². The second-order valence-electron chi connectivity index (χ2n) is 7.97. The summed E-state index contributed by atoms with van der Waals surface area (Å²) in [5, 5.41) is 39.2. The van der Waals surface area contributed by atoms with E-state index >= 15 is 0 Å². The molecule has 2 saturated heterocycles. The SMILES string of the molecule is Cc1cn([C@H]2C[C@@H](O)[C@@H](COP(=O)([O-])OP(=O)([O-])O[C@H]3O[C@@H](C)[C@H](O)[C@@H](O)[C@H]3O)O2)c(=O)[nH]c1=O.[Na+].[Na+]. The average molecular weight is 592 g/mol. The molecule has 5 N–H and O–H groups in total. The van der Waals surface area contributed by atoms with Crippen LogP contribution in [0.3, 0.4) is 0 Å². The van der Waals surface area contributed by atoms with Crippen molar-refractivity contribution in [1.82, 2.24) is 9.55 Å². The number of hydrogen-bond donors (Lipinski definition) is 5. The molecule has 0 spiro atoms. The molecule has 1 aromatic rings. The molecule has 3 heterocycles. The van der Waals surface area contributed by atoms with Crippen LogP contribution < -0.4 is 80.2 Å². The summed E-state index contributed by atoms with van der Waals surface area (Å²) >= 11 is 0. The number of nitrogens with zero attached hydrogens (tertiary/aromatic N) is 1. The molecule has 200 valence electrons. The number of aromatic nitrogens is 2. The van der Waals surface area contributed by atoms with Crippen LogP contribution in [-0.2, 0) is 32.0 Å². The molecule has 21 heteroatoms. The number of aliphatic hydroxyl groups excluding tert-OH is 4. The minimum Gasteiger partial charge on any atom is -0.756 e. The predicted octanol–water partition coefficient (Wildman–Crippen LogP) is -9.68. The molecule has 0 aromatic carbocycles. The molecule has 17 nitrogen and oxygen atoms in total. The normalized spacial score (nSPS) is 35.0. The Morgan fingerprint density at radius 1 is 1.08 bits per heavy atom. The molecule has 10 atom stereocenters. The number of nitrogens with one attached hydrogen (secondary N) is 1. The smallest absolute Gasteiger partial charge is 0.756 e. The first-order valence-corrected chi connectivity index (χ1v) is 13.0. The van der Waals surface area contributed by atoms with E-state index in [9.17, 15) is 48.9 Å². The zero-order chi connectivity index (χ0) is 26.3. The summed E-state index contributed by atoms with van der Waals surface area (Å²) in [4.78, 5) is 49.5. The molecule has 1 aromatic heterocycles. The third-order valence-corrected chi connectivity index (χ3v) is 7.83. The van der Waals surface area contributed by atoms with E-state index in [1.165, 1.54) is 20.0 Å². The molecular formula is C16H24N2Na2O15P2. The maximum Gasteiger partial charge on any atom is 1.00 e. The first-order valence-electron chi connectivity index (χ1n) is 10.1. The van der Waals surface area contributed by atoms with E-state index in [0.717, 1.165) is 4.57 Å². The fourth-order valence-electron chi connectivity index (χ4n) is 3.39. The van der Waals surface area contributed by atoms with Gasteiger partial charge in [-0.1, -0.05) is 0 Å². The third-order valence-electron chi connectivity index (χ3n) is 5.30. The van der Waals surface area contributed by atoms with Gasteiger partial charge in [0.15, 0.2) is 6.29 Å². The van der Waals surface area contributed by atoms with Crippen LogP contribution in [-0.4, -0.2) is 79.5 Å². The maximum atomic E-state index is 12.0. The molecule has 2 unspecified atom stereocenters. The number of H-pyrrole nitrogens is 1. The number of phosphoric acid groups is 2. The number of rotatable bonds is 8. The molecule has 0 saturated carbocycles. The Kier molecular flexibility index (Phi) is 13.6. The van der Waals surface area contributed by atoms with E-state index in [4.69, 9.17) is 9.47 Å². The van der Waals surface area contributed by atoms with Crippen molar-refractivity contribution in [3.05, 3.63) is 32.6 Å². The quantitative estimate of drug-likeness (QED) is 0.139. The zero-order valence-corrected chi connectivity index (χ0v) is 26.0. The largest absolute Gasteiger partial charge is 1.00 e. The molecule has 0 bridgehead atoms. The van der Waals surface area contributed by atoms with Crippen molar-refractivity contribution in [3.8, 4) is 0 Å².